The number of aromatic nitrogens is 1. The van der Waals surface area contributed by atoms with E-state index in [-0.39, 0.29) is 11.5 Å². The summed E-state index contributed by atoms with van der Waals surface area (Å²) in [6, 6.07) is 0. The Bertz CT molecular complexity index is 288. The molecule has 0 aromatic carbocycles. The van der Waals surface area contributed by atoms with E-state index in [2.05, 4.69) is 17.3 Å². The molecule has 1 aromatic rings. The first-order chi connectivity index (χ1) is 6.43. The molecule has 0 saturated carbocycles. The van der Waals surface area contributed by atoms with E-state index in [0.29, 0.717) is 6.42 Å². The smallest absolute Gasteiger partial charge is 0.0954 e. The molecule has 0 bridgehead atoms. The van der Waals surface area contributed by atoms with Crippen LogP contribution in [0.2, 0.25) is 0 Å². The van der Waals surface area contributed by atoms with Gasteiger partial charge in [0.25, 0.3) is 0 Å². The number of nitrogens with zero attached hydrogens (tertiary/aromatic N) is 1. The van der Waals surface area contributed by atoms with Gasteiger partial charge < -0.3 is 5.11 Å². The van der Waals surface area contributed by atoms with Gasteiger partial charge in [-0.3, -0.25) is 0 Å². The number of thiazole rings is 1. The van der Waals surface area contributed by atoms with Crippen molar-refractivity contribution in [2.45, 2.75) is 46.6 Å². The number of hydrogen-bond donors (Lipinski definition) is 1. The lowest BCUT2D eigenvalue weighted by Crippen LogP contribution is -2.28. The Morgan fingerprint density at radius 1 is 1.50 bits per heavy atom. The number of aryl methyl sites for hydroxylation is 1. The third kappa shape index (κ3) is 3.07. The van der Waals surface area contributed by atoms with Crippen molar-refractivity contribution in [1.29, 1.82) is 0 Å². The SMILES string of the molecule is CCc1csc(CC(O)C(C)(C)C)n1. The monoisotopic (exact) mass is 213 g/mol. The third-order valence-corrected chi connectivity index (χ3v) is 3.25. The zero-order chi connectivity index (χ0) is 10.8. The zero-order valence-electron chi connectivity index (χ0n) is 9.37. The lowest BCUT2D eigenvalue weighted by Gasteiger charge is -2.24. The molecule has 1 aromatic heterocycles. The molecule has 0 radical (unpaired) electrons. The first-order valence-corrected chi connectivity index (χ1v) is 5.92. The zero-order valence-corrected chi connectivity index (χ0v) is 10.2. The van der Waals surface area contributed by atoms with Crippen molar-refractivity contribution in [2.24, 2.45) is 5.41 Å². The minimum Gasteiger partial charge on any atom is -0.392 e. The van der Waals surface area contributed by atoms with Gasteiger partial charge in [0, 0.05) is 11.8 Å². The average Bonchev–Trinajstić information content (AvgIpc) is 2.50. The molecule has 3 heteroatoms. The minimum atomic E-state index is -0.307. The Kier molecular flexibility index (Phi) is 3.67. The quantitative estimate of drug-likeness (QED) is 0.837. The molecule has 0 aliphatic heterocycles. The maximum Gasteiger partial charge on any atom is 0.0954 e. The van der Waals surface area contributed by atoms with Gasteiger partial charge in [-0.25, -0.2) is 4.98 Å². The van der Waals surface area contributed by atoms with E-state index in [1.807, 2.05) is 20.8 Å². The standard InChI is InChI=1S/C11H19NOS/c1-5-8-7-14-10(12-8)6-9(13)11(2,3)4/h7,9,13H,5-6H2,1-4H3. The summed E-state index contributed by atoms with van der Waals surface area (Å²) in [7, 11) is 0. The van der Waals surface area contributed by atoms with E-state index >= 15 is 0 Å². The summed E-state index contributed by atoms with van der Waals surface area (Å²) >= 11 is 1.65. The molecule has 1 atom stereocenters. The molecule has 1 heterocycles. The fourth-order valence-electron chi connectivity index (χ4n) is 1.08. The van der Waals surface area contributed by atoms with Crippen LogP contribution in [0.15, 0.2) is 5.38 Å². The first-order valence-electron chi connectivity index (χ1n) is 5.05. The molecular formula is C11H19NOS. The highest BCUT2D eigenvalue weighted by molar-refractivity contribution is 7.09. The average molecular weight is 213 g/mol. The van der Waals surface area contributed by atoms with E-state index in [9.17, 15) is 5.11 Å². The summed E-state index contributed by atoms with van der Waals surface area (Å²) < 4.78 is 0. The molecule has 2 nitrogen and oxygen atoms in total. The van der Waals surface area contributed by atoms with Gasteiger partial charge in [0.15, 0.2) is 0 Å². The normalized spacial score (nSPS) is 14.4. The topological polar surface area (TPSA) is 33.1 Å². The second kappa shape index (κ2) is 4.41. The molecule has 14 heavy (non-hydrogen) atoms. The maximum atomic E-state index is 9.89. The largest absolute Gasteiger partial charge is 0.392 e. The van der Waals surface area contributed by atoms with Crippen LogP contribution in [0.3, 0.4) is 0 Å². The number of hydrogen-bond acceptors (Lipinski definition) is 3. The second-order valence-electron chi connectivity index (χ2n) is 4.67. The summed E-state index contributed by atoms with van der Waals surface area (Å²) in [6.45, 7) is 8.24. The fraction of sp³-hybridized carbons (Fsp3) is 0.727. The van der Waals surface area contributed by atoms with Crippen LogP contribution in [-0.4, -0.2) is 16.2 Å². The molecule has 0 aliphatic rings. The Hall–Kier alpha value is -0.410. The molecule has 80 valence electrons. The second-order valence-corrected chi connectivity index (χ2v) is 5.61. The summed E-state index contributed by atoms with van der Waals surface area (Å²) in [5.74, 6) is 0. The van der Waals surface area contributed by atoms with Crippen molar-refractivity contribution in [3.63, 3.8) is 0 Å². The lowest BCUT2D eigenvalue weighted by atomic mass is 9.87. The number of aliphatic hydroxyl groups excluding tert-OH is 1. The fourth-order valence-corrected chi connectivity index (χ4v) is 1.99. The van der Waals surface area contributed by atoms with Crippen molar-refractivity contribution in [3.05, 3.63) is 16.1 Å². The molecule has 1 unspecified atom stereocenters. The van der Waals surface area contributed by atoms with Crippen molar-refractivity contribution in [2.75, 3.05) is 0 Å². The molecule has 1 rings (SSSR count). The number of aliphatic hydroxyl groups is 1. The Labute approximate surface area is 90.0 Å². The lowest BCUT2D eigenvalue weighted by molar-refractivity contribution is 0.0635. The van der Waals surface area contributed by atoms with Crippen molar-refractivity contribution >= 4 is 11.3 Å². The highest BCUT2D eigenvalue weighted by atomic mass is 32.1. The van der Waals surface area contributed by atoms with Gasteiger partial charge in [0.1, 0.15) is 0 Å². The van der Waals surface area contributed by atoms with Crippen LogP contribution in [0, 0.1) is 5.41 Å². The van der Waals surface area contributed by atoms with E-state index in [0.717, 1.165) is 17.1 Å². The van der Waals surface area contributed by atoms with Gasteiger partial charge in [-0.1, -0.05) is 27.7 Å². The van der Waals surface area contributed by atoms with Gasteiger partial charge in [0.2, 0.25) is 0 Å². The van der Waals surface area contributed by atoms with Crippen LogP contribution in [0.4, 0.5) is 0 Å². The third-order valence-electron chi connectivity index (χ3n) is 2.33. The maximum absolute atomic E-state index is 9.89. The summed E-state index contributed by atoms with van der Waals surface area (Å²) in [5, 5.41) is 13.0. The van der Waals surface area contributed by atoms with Gasteiger partial charge in [-0.05, 0) is 11.8 Å². The predicted octanol–water partition coefficient (Wildman–Crippen LogP) is 2.66. The molecule has 0 saturated heterocycles. The Morgan fingerprint density at radius 3 is 2.57 bits per heavy atom. The van der Waals surface area contributed by atoms with Crippen LogP contribution in [0.25, 0.3) is 0 Å². The molecule has 0 amide bonds. The molecule has 0 fully saturated rings. The predicted molar refractivity (Wildman–Crippen MR) is 60.7 cm³/mol. The van der Waals surface area contributed by atoms with Gasteiger partial charge in [-0.2, -0.15) is 0 Å². The molecule has 0 spiro atoms. The Morgan fingerprint density at radius 2 is 2.14 bits per heavy atom. The van der Waals surface area contributed by atoms with E-state index in [1.54, 1.807) is 11.3 Å². The van der Waals surface area contributed by atoms with E-state index in [1.165, 1.54) is 0 Å². The molecular weight excluding hydrogens is 194 g/mol. The van der Waals surface area contributed by atoms with Crippen LogP contribution in [0.5, 0.6) is 0 Å². The summed E-state index contributed by atoms with van der Waals surface area (Å²) in [4.78, 5) is 4.44. The van der Waals surface area contributed by atoms with Crippen LogP contribution < -0.4 is 0 Å². The highest BCUT2D eigenvalue weighted by Gasteiger charge is 2.23. The van der Waals surface area contributed by atoms with Gasteiger partial charge >= 0.3 is 0 Å². The van der Waals surface area contributed by atoms with E-state index < -0.39 is 0 Å². The summed E-state index contributed by atoms with van der Waals surface area (Å²) in [5.41, 5.74) is 1.07. The summed E-state index contributed by atoms with van der Waals surface area (Å²) in [6.07, 6.45) is 1.34. The Balaban J connectivity index is 2.60. The van der Waals surface area contributed by atoms with Crippen LogP contribution >= 0.6 is 11.3 Å². The van der Waals surface area contributed by atoms with Crippen LogP contribution in [0.1, 0.15) is 38.4 Å². The van der Waals surface area contributed by atoms with Crippen LogP contribution in [-0.2, 0) is 12.8 Å². The van der Waals surface area contributed by atoms with Crippen molar-refractivity contribution in [1.82, 2.24) is 4.98 Å². The molecule has 1 N–H and O–H groups in total. The minimum absolute atomic E-state index is 0.0575. The van der Waals surface area contributed by atoms with Crippen molar-refractivity contribution in [3.8, 4) is 0 Å². The molecule has 0 aliphatic carbocycles. The number of rotatable bonds is 3. The van der Waals surface area contributed by atoms with Gasteiger partial charge in [-0.15, -0.1) is 11.3 Å². The van der Waals surface area contributed by atoms with E-state index in [4.69, 9.17) is 0 Å². The first kappa shape index (κ1) is 11.7. The van der Waals surface area contributed by atoms with Crippen molar-refractivity contribution < 1.29 is 5.11 Å². The van der Waals surface area contributed by atoms with Gasteiger partial charge in [0.05, 0.1) is 16.8 Å². The highest BCUT2D eigenvalue weighted by Crippen LogP contribution is 2.23.